The predicted molar refractivity (Wildman–Crippen MR) is 125 cm³/mol. The Labute approximate surface area is 197 Å². The fourth-order valence-electron chi connectivity index (χ4n) is 3.56. The highest BCUT2D eigenvalue weighted by Crippen LogP contribution is 2.20. The van der Waals surface area contributed by atoms with Crippen LogP contribution in [0.3, 0.4) is 0 Å². The van der Waals surface area contributed by atoms with Gasteiger partial charge in [-0.25, -0.2) is 9.59 Å². The second-order valence-electron chi connectivity index (χ2n) is 7.56. The van der Waals surface area contributed by atoms with Gasteiger partial charge in [0.05, 0.1) is 17.9 Å². The van der Waals surface area contributed by atoms with Crippen LogP contribution in [0.5, 0.6) is 0 Å². The summed E-state index contributed by atoms with van der Waals surface area (Å²) in [6.07, 6.45) is 0. The fourth-order valence-corrected chi connectivity index (χ4v) is 3.56. The number of aromatic nitrogens is 1. The van der Waals surface area contributed by atoms with Crippen LogP contribution in [-0.2, 0) is 14.3 Å². The lowest BCUT2D eigenvalue weighted by molar-refractivity contribution is -0.145. The minimum absolute atomic E-state index is 0.165. The minimum Gasteiger partial charge on any atom is -0.462 e. The molecule has 1 amide bonds. The first-order chi connectivity index (χ1) is 16.3. The van der Waals surface area contributed by atoms with Gasteiger partial charge >= 0.3 is 11.9 Å². The minimum atomic E-state index is -1.11. The van der Waals surface area contributed by atoms with E-state index in [1.165, 1.54) is 0 Å². The van der Waals surface area contributed by atoms with E-state index in [1.54, 1.807) is 81.4 Å². The first kappa shape index (κ1) is 24.4. The van der Waals surface area contributed by atoms with E-state index in [-0.39, 0.29) is 17.9 Å². The van der Waals surface area contributed by atoms with Gasteiger partial charge in [0.2, 0.25) is 5.78 Å². The third-order valence-electron chi connectivity index (χ3n) is 5.22. The van der Waals surface area contributed by atoms with Gasteiger partial charge in [-0.05, 0) is 44.0 Å². The summed E-state index contributed by atoms with van der Waals surface area (Å²) in [4.78, 5) is 53.4. The summed E-state index contributed by atoms with van der Waals surface area (Å²) in [5.41, 5.74) is 2.26. The molecule has 1 atom stereocenters. The lowest BCUT2D eigenvalue weighted by Gasteiger charge is -2.18. The third kappa shape index (κ3) is 5.58. The van der Waals surface area contributed by atoms with Crippen LogP contribution in [0.25, 0.3) is 0 Å². The van der Waals surface area contributed by atoms with Gasteiger partial charge in [0.25, 0.3) is 5.91 Å². The molecule has 0 saturated carbocycles. The van der Waals surface area contributed by atoms with Crippen molar-refractivity contribution in [3.8, 4) is 0 Å². The number of hydrogen-bond acceptors (Lipinski definition) is 6. The average molecular weight is 463 g/mol. The Hall–Kier alpha value is -4.20. The van der Waals surface area contributed by atoms with Crippen molar-refractivity contribution < 1.29 is 28.7 Å². The summed E-state index contributed by atoms with van der Waals surface area (Å²) in [6.45, 7) is 4.62. The van der Waals surface area contributed by atoms with Crippen LogP contribution in [0.2, 0.25) is 0 Å². The van der Waals surface area contributed by atoms with Crippen LogP contribution in [0.4, 0.5) is 0 Å². The monoisotopic (exact) mass is 462 g/mol. The fraction of sp³-hybridized carbons (Fsp3) is 0.231. The number of rotatable bonds is 9. The van der Waals surface area contributed by atoms with E-state index < -0.39 is 36.3 Å². The smallest absolute Gasteiger partial charge is 0.340 e. The molecule has 3 aromatic rings. The Bertz CT molecular complexity index is 1180. The summed E-state index contributed by atoms with van der Waals surface area (Å²) in [6, 6.07) is 16.0. The van der Waals surface area contributed by atoms with Crippen molar-refractivity contribution in [3.05, 3.63) is 94.3 Å². The highest BCUT2D eigenvalue weighted by Gasteiger charge is 2.27. The molecule has 1 heterocycles. The summed E-state index contributed by atoms with van der Waals surface area (Å²) in [5.74, 6) is -2.27. The standard InChI is InChI=1S/C26H26N2O6/c1-4-33-25(31)21-16(2)22(27-17(21)3)20(29)15-34-26(32)23(18-11-7-5-8-12-18)28-24(30)19-13-9-6-10-14-19/h5-14,23,27H,4,15H2,1-3H3,(H,28,30). The second-order valence-corrected chi connectivity index (χ2v) is 7.56. The Morgan fingerprint density at radius 1 is 0.912 bits per heavy atom. The van der Waals surface area contributed by atoms with Crippen LogP contribution < -0.4 is 5.32 Å². The number of aromatic amines is 1. The van der Waals surface area contributed by atoms with Crippen molar-refractivity contribution in [2.45, 2.75) is 26.8 Å². The van der Waals surface area contributed by atoms with Gasteiger partial charge in [0.1, 0.15) is 0 Å². The third-order valence-corrected chi connectivity index (χ3v) is 5.22. The number of ketones is 1. The lowest BCUT2D eigenvalue weighted by Crippen LogP contribution is -2.35. The van der Waals surface area contributed by atoms with Crippen LogP contribution in [0.1, 0.15) is 61.0 Å². The van der Waals surface area contributed by atoms with Crippen molar-refractivity contribution in [2.75, 3.05) is 13.2 Å². The van der Waals surface area contributed by atoms with Crippen LogP contribution >= 0.6 is 0 Å². The molecule has 1 unspecified atom stereocenters. The molecule has 1 aromatic heterocycles. The predicted octanol–water partition coefficient (Wildman–Crippen LogP) is 3.71. The van der Waals surface area contributed by atoms with Crippen molar-refractivity contribution in [1.82, 2.24) is 10.3 Å². The summed E-state index contributed by atoms with van der Waals surface area (Å²) < 4.78 is 10.3. The first-order valence-electron chi connectivity index (χ1n) is 10.8. The molecule has 0 bridgehead atoms. The zero-order valence-corrected chi connectivity index (χ0v) is 19.2. The molecule has 0 aliphatic carbocycles. The highest BCUT2D eigenvalue weighted by atomic mass is 16.5. The quantitative estimate of drug-likeness (QED) is 0.370. The molecule has 0 aliphatic rings. The molecule has 0 radical (unpaired) electrons. The van der Waals surface area contributed by atoms with Crippen molar-refractivity contribution in [2.24, 2.45) is 0 Å². The summed E-state index contributed by atoms with van der Waals surface area (Å²) in [5, 5.41) is 2.67. The molecule has 8 nitrogen and oxygen atoms in total. The molecule has 0 saturated heterocycles. The lowest BCUT2D eigenvalue weighted by atomic mass is 10.1. The average Bonchev–Trinajstić information content (AvgIpc) is 3.15. The van der Waals surface area contributed by atoms with Gasteiger partial charge < -0.3 is 19.8 Å². The van der Waals surface area contributed by atoms with Crippen molar-refractivity contribution in [1.29, 1.82) is 0 Å². The maximum atomic E-state index is 12.9. The number of carbonyl (C=O) groups is 4. The van der Waals surface area contributed by atoms with Gasteiger partial charge in [-0.1, -0.05) is 48.5 Å². The first-order valence-corrected chi connectivity index (χ1v) is 10.8. The van der Waals surface area contributed by atoms with E-state index in [2.05, 4.69) is 10.3 Å². The van der Waals surface area contributed by atoms with Gasteiger partial charge in [-0.15, -0.1) is 0 Å². The zero-order valence-electron chi connectivity index (χ0n) is 19.2. The molecule has 2 N–H and O–H groups in total. The number of benzene rings is 2. The number of amides is 1. The van der Waals surface area contributed by atoms with Gasteiger partial charge in [0, 0.05) is 11.3 Å². The number of esters is 2. The molecule has 176 valence electrons. The van der Waals surface area contributed by atoms with E-state index in [4.69, 9.17) is 9.47 Å². The molecular weight excluding hydrogens is 436 g/mol. The van der Waals surface area contributed by atoms with E-state index in [9.17, 15) is 19.2 Å². The van der Waals surface area contributed by atoms with E-state index >= 15 is 0 Å². The van der Waals surface area contributed by atoms with Crippen LogP contribution in [-0.4, -0.2) is 41.8 Å². The molecule has 3 rings (SSSR count). The SMILES string of the molecule is CCOC(=O)c1c(C)[nH]c(C(=O)COC(=O)C(NC(=O)c2ccccc2)c2ccccc2)c1C. The Morgan fingerprint density at radius 3 is 2.15 bits per heavy atom. The topological polar surface area (TPSA) is 115 Å². The molecule has 0 fully saturated rings. The number of Topliss-reactive ketones (excluding diaryl/α,β-unsaturated/α-hetero) is 1. The summed E-state index contributed by atoms with van der Waals surface area (Å²) >= 11 is 0. The number of H-pyrrole nitrogens is 1. The normalized spacial score (nSPS) is 11.4. The molecule has 0 aliphatic heterocycles. The van der Waals surface area contributed by atoms with Gasteiger partial charge in [-0.3, -0.25) is 9.59 Å². The Morgan fingerprint density at radius 2 is 1.53 bits per heavy atom. The zero-order chi connectivity index (χ0) is 24.7. The summed E-state index contributed by atoms with van der Waals surface area (Å²) in [7, 11) is 0. The second kappa shape index (κ2) is 11.1. The maximum Gasteiger partial charge on any atom is 0.340 e. The maximum absolute atomic E-state index is 12.9. The molecule has 2 aromatic carbocycles. The molecular formula is C26H26N2O6. The van der Waals surface area contributed by atoms with Crippen molar-refractivity contribution >= 4 is 23.6 Å². The highest BCUT2D eigenvalue weighted by molar-refractivity contribution is 6.03. The molecule has 34 heavy (non-hydrogen) atoms. The number of aryl methyl sites for hydroxylation is 1. The largest absolute Gasteiger partial charge is 0.462 e. The van der Waals surface area contributed by atoms with E-state index in [0.29, 0.717) is 22.4 Å². The van der Waals surface area contributed by atoms with Crippen molar-refractivity contribution in [3.63, 3.8) is 0 Å². The number of ether oxygens (including phenoxy) is 2. The Balaban J connectivity index is 1.75. The Kier molecular flexibility index (Phi) is 7.97. The molecule has 8 heteroatoms. The van der Waals surface area contributed by atoms with E-state index in [0.717, 1.165) is 0 Å². The van der Waals surface area contributed by atoms with Gasteiger partial charge in [0.15, 0.2) is 12.6 Å². The van der Waals surface area contributed by atoms with Gasteiger partial charge in [-0.2, -0.15) is 0 Å². The van der Waals surface area contributed by atoms with E-state index in [1.807, 2.05) is 0 Å². The van der Waals surface area contributed by atoms with Crippen LogP contribution in [0.15, 0.2) is 60.7 Å². The molecule has 0 spiro atoms. The number of carbonyl (C=O) groups excluding carboxylic acids is 4. The number of nitrogens with one attached hydrogen (secondary N) is 2. The van der Waals surface area contributed by atoms with Crippen LogP contribution in [0, 0.1) is 13.8 Å². The number of hydrogen-bond donors (Lipinski definition) is 2.